The van der Waals surface area contributed by atoms with Gasteiger partial charge in [0.15, 0.2) is 0 Å². The van der Waals surface area contributed by atoms with Crippen LogP contribution >= 0.6 is 11.6 Å². The Balaban J connectivity index is 1.81. The Morgan fingerprint density at radius 1 is 1.30 bits per heavy atom. The lowest BCUT2D eigenvalue weighted by molar-refractivity contribution is -0.141. The van der Waals surface area contributed by atoms with Gasteiger partial charge in [0.2, 0.25) is 0 Å². The second-order valence-corrected chi connectivity index (χ2v) is 7.66. The van der Waals surface area contributed by atoms with Crippen LogP contribution in [-0.2, 0) is 22.1 Å². The van der Waals surface area contributed by atoms with Crippen molar-refractivity contribution in [1.82, 2.24) is 0 Å². The highest BCUT2D eigenvalue weighted by molar-refractivity contribution is 6.32. The highest BCUT2D eigenvalue weighted by Gasteiger charge is 2.34. The van der Waals surface area contributed by atoms with Gasteiger partial charge in [-0.25, -0.2) is 0 Å². The minimum atomic E-state index is -4.49. The van der Waals surface area contributed by atoms with Crippen LogP contribution in [0.5, 0.6) is 5.75 Å². The van der Waals surface area contributed by atoms with Gasteiger partial charge in [-0.2, -0.15) is 13.2 Å². The second-order valence-electron chi connectivity index (χ2n) is 7.25. The van der Waals surface area contributed by atoms with Gasteiger partial charge in [-0.05, 0) is 67.2 Å². The number of fused-ring (bicyclic) bond motifs is 1. The minimum Gasteiger partial charge on any atom is -0.490 e. The molecule has 0 saturated heterocycles. The second kappa shape index (κ2) is 9.13. The molecule has 1 atom stereocenters. The van der Waals surface area contributed by atoms with E-state index in [-0.39, 0.29) is 22.7 Å². The number of benzene rings is 2. The van der Waals surface area contributed by atoms with Crippen molar-refractivity contribution in [1.29, 1.82) is 0 Å². The monoisotopic (exact) mass is 438 g/mol. The zero-order chi connectivity index (χ0) is 21.9. The number of ether oxygens (including phenoxy) is 2. The lowest BCUT2D eigenvalue weighted by Crippen LogP contribution is -2.23. The molecule has 0 amide bonds. The summed E-state index contributed by atoms with van der Waals surface area (Å²) in [6.45, 7) is 1.62. The molecule has 7 heteroatoms. The number of methoxy groups -OCH3 is 1. The van der Waals surface area contributed by atoms with Crippen LogP contribution in [-0.4, -0.2) is 19.2 Å². The number of alkyl halides is 3. The molecule has 0 saturated carbocycles. The SMILES string of the molecule is COC(=O)CC[C@H]1CCc2cc(/C=C(\C)c3c(Cl)cccc3C(F)(F)F)ccc2O1. The highest BCUT2D eigenvalue weighted by atomic mass is 35.5. The third kappa shape index (κ3) is 5.17. The van der Waals surface area contributed by atoms with Crippen molar-refractivity contribution in [2.45, 2.75) is 44.9 Å². The summed E-state index contributed by atoms with van der Waals surface area (Å²) in [5.74, 6) is 0.470. The molecule has 3 nitrogen and oxygen atoms in total. The lowest BCUT2D eigenvalue weighted by atomic mass is 9.95. The summed E-state index contributed by atoms with van der Waals surface area (Å²) in [4.78, 5) is 11.3. The Kier molecular flexibility index (Phi) is 6.76. The average Bonchev–Trinajstić information content (AvgIpc) is 2.70. The first-order chi connectivity index (χ1) is 14.2. The van der Waals surface area contributed by atoms with E-state index in [9.17, 15) is 18.0 Å². The van der Waals surface area contributed by atoms with Crippen LogP contribution < -0.4 is 4.74 Å². The summed E-state index contributed by atoms with van der Waals surface area (Å²) < 4.78 is 50.8. The van der Waals surface area contributed by atoms with Gasteiger partial charge in [0.25, 0.3) is 0 Å². The van der Waals surface area contributed by atoms with Crippen LogP contribution in [0.15, 0.2) is 36.4 Å². The van der Waals surface area contributed by atoms with Gasteiger partial charge >= 0.3 is 12.1 Å². The molecule has 2 aromatic rings. The van der Waals surface area contributed by atoms with E-state index in [4.69, 9.17) is 16.3 Å². The Bertz CT molecular complexity index is 967. The molecule has 30 heavy (non-hydrogen) atoms. The third-order valence-electron chi connectivity index (χ3n) is 5.11. The summed E-state index contributed by atoms with van der Waals surface area (Å²) >= 11 is 6.10. The van der Waals surface area contributed by atoms with Crippen molar-refractivity contribution in [3.05, 3.63) is 63.7 Å². The zero-order valence-electron chi connectivity index (χ0n) is 16.7. The predicted molar refractivity (Wildman–Crippen MR) is 110 cm³/mol. The zero-order valence-corrected chi connectivity index (χ0v) is 17.4. The molecule has 0 fully saturated rings. The molecule has 0 aliphatic carbocycles. The number of hydrogen-bond acceptors (Lipinski definition) is 3. The summed E-state index contributed by atoms with van der Waals surface area (Å²) in [5, 5.41) is 0.0633. The van der Waals surface area contributed by atoms with E-state index in [1.54, 1.807) is 19.1 Å². The van der Waals surface area contributed by atoms with Gasteiger partial charge in [-0.3, -0.25) is 4.79 Å². The standard InChI is InChI=1S/C23H22ClF3O3/c1-14(22-18(23(25,26)27)4-3-5-19(22)24)12-15-6-10-20-16(13-15)7-8-17(30-20)9-11-21(28)29-2/h3-6,10,12-13,17H,7-9,11H2,1-2H3/b14-12+/t17-/m1/s1. The fraction of sp³-hybridized carbons (Fsp3) is 0.348. The summed E-state index contributed by atoms with van der Waals surface area (Å²) in [6, 6.07) is 9.33. The molecule has 160 valence electrons. The van der Waals surface area contributed by atoms with E-state index >= 15 is 0 Å². The number of aryl methyl sites for hydroxylation is 1. The normalized spacial score (nSPS) is 16.6. The lowest BCUT2D eigenvalue weighted by Gasteiger charge is -2.26. The van der Waals surface area contributed by atoms with Crippen LogP contribution in [0, 0.1) is 0 Å². The summed E-state index contributed by atoms with van der Waals surface area (Å²) in [5.41, 5.74) is 1.43. The van der Waals surface area contributed by atoms with E-state index in [1.165, 1.54) is 19.2 Å². The molecule has 2 aromatic carbocycles. The number of allylic oxidation sites excluding steroid dienone is 1. The number of carbonyl (C=O) groups is 1. The molecular weight excluding hydrogens is 417 g/mol. The molecule has 0 spiro atoms. The van der Waals surface area contributed by atoms with Crippen LogP contribution in [0.4, 0.5) is 13.2 Å². The highest BCUT2D eigenvalue weighted by Crippen LogP contribution is 2.39. The molecular formula is C23H22ClF3O3. The maximum atomic E-state index is 13.4. The van der Waals surface area contributed by atoms with Crippen molar-refractivity contribution >= 4 is 29.2 Å². The minimum absolute atomic E-state index is 0.0106. The maximum absolute atomic E-state index is 13.4. The molecule has 1 aliphatic rings. The van der Waals surface area contributed by atoms with E-state index in [0.717, 1.165) is 35.8 Å². The average molecular weight is 439 g/mol. The first-order valence-corrected chi connectivity index (χ1v) is 9.97. The first-order valence-electron chi connectivity index (χ1n) is 9.60. The molecule has 0 aromatic heterocycles. The topological polar surface area (TPSA) is 35.5 Å². The van der Waals surface area contributed by atoms with E-state index in [1.807, 2.05) is 12.1 Å². The number of hydrogen-bond donors (Lipinski definition) is 0. The number of esters is 1. The van der Waals surface area contributed by atoms with Crippen LogP contribution in [0.2, 0.25) is 5.02 Å². The Morgan fingerprint density at radius 3 is 2.77 bits per heavy atom. The Morgan fingerprint density at radius 2 is 2.07 bits per heavy atom. The van der Waals surface area contributed by atoms with Gasteiger partial charge in [0.1, 0.15) is 5.75 Å². The van der Waals surface area contributed by atoms with Crippen LogP contribution in [0.25, 0.3) is 11.6 Å². The Labute approximate surface area is 178 Å². The molecule has 3 rings (SSSR count). The summed E-state index contributed by atoms with van der Waals surface area (Å²) in [6.07, 6.45) is -0.439. The van der Waals surface area contributed by atoms with Gasteiger partial charge < -0.3 is 9.47 Å². The van der Waals surface area contributed by atoms with Gasteiger partial charge in [0.05, 0.1) is 18.8 Å². The van der Waals surface area contributed by atoms with Gasteiger partial charge in [-0.15, -0.1) is 0 Å². The van der Waals surface area contributed by atoms with Crippen LogP contribution in [0.3, 0.4) is 0 Å². The quantitative estimate of drug-likeness (QED) is 0.391. The number of halogens is 4. The molecule has 1 heterocycles. The van der Waals surface area contributed by atoms with Crippen molar-refractivity contribution in [2.24, 2.45) is 0 Å². The van der Waals surface area contributed by atoms with E-state index in [0.29, 0.717) is 18.4 Å². The molecule has 0 N–H and O–H groups in total. The largest absolute Gasteiger partial charge is 0.490 e. The molecule has 0 radical (unpaired) electrons. The van der Waals surface area contributed by atoms with Crippen molar-refractivity contribution in [3.8, 4) is 5.75 Å². The fourth-order valence-electron chi connectivity index (χ4n) is 3.62. The predicted octanol–water partition coefficient (Wildman–Crippen LogP) is 6.57. The van der Waals surface area contributed by atoms with Crippen LogP contribution in [0.1, 0.15) is 48.4 Å². The third-order valence-corrected chi connectivity index (χ3v) is 5.42. The van der Waals surface area contributed by atoms with Crippen molar-refractivity contribution in [3.63, 3.8) is 0 Å². The molecule has 0 unspecified atom stereocenters. The maximum Gasteiger partial charge on any atom is 0.417 e. The van der Waals surface area contributed by atoms with E-state index < -0.39 is 11.7 Å². The number of carbonyl (C=O) groups excluding carboxylic acids is 1. The number of rotatable bonds is 5. The van der Waals surface area contributed by atoms with Crippen molar-refractivity contribution in [2.75, 3.05) is 7.11 Å². The van der Waals surface area contributed by atoms with E-state index in [2.05, 4.69) is 4.74 Å². The summed E-state index contributed by atoms with van der Waals surface area (Å²) in [7, 11) is 1.36. The Hall–Kier alpha value is -2.47. The first kappa shape index (κ1) is 22.2. The smallest absolute Gasteiger partial charge is 0.417 e. The van der Waals surface area contributed by atoms with Gasteiger partial charge in [0, 0.05) is 17.0 Å². The van der Waals surface area contributed by atoms with Crippen molar-refractivity contribution < 1.29 is 27.4 Å². The molecule has 0 bridgehead atoms. The molecule has 1 aliphatic heterocycles. The fourth-order valence-corrected chi connectivity index (χ4v) is 3.95. The van der Waals surface area contributed by atoms with Gasteiger partial charge in [-0.1, -0.05) is 29.8 Å².